The number of aryl methyl sites for hydroxylation is 2. The van der Waals surface area contributed by atoms with E-state index in [1.54, 1.807) is 6.20 Å². The second-order valence-electron chi connectivity index (χ2n) is 5.54. The second kappa shape index (κ2) is 6.88. The summed E-state index contributed by atoms with van der Waals surface area (Å²) in [5.74, 6) is 0.597. The molecule has 0 atom stereocenters. The van der Waals surface area contributed by atoms with Crippen molar-refractivity contribution < 1.29 is 0 Å². The molecular weight excluding hydrogens is 282 g/mol. The first-order chi connectivity index (χ1) is 11.2. The molecule has 0 spiro atoms. The summed E-state index contributed by atoms with van der Waals surface area (Å²) >= 11 is 0. The predicted molar refractivity (Wildman–Crippen MR) is 96.6 cm³/mol. The zero-order valence-electron chi connectivity index (χ0n) is 13.3. The highest BCUT2D eigenvalue weighted by Crippen LogP contribution is 2.14. The first-order valence-corrected chi connectivity index (χ1v) is 7.60. The molecule has 0 amide bonds. The number of nitrogens with zero attached hydrogens (tertiary/aromatic N) is 2. The molecule has 114 valence electrons. The van der Waals surface area contributed by atoms with E-state index in [0.717, 1.165) is 16.9 Å². The summed E-state index contributed by atoms with van der Waals surface area (Å²) in [5.41, 5.74) is 5.49. The molecular formula is C20H19N3. The Morgan fingerprint density at radius 2 is 1.43 bits per heavy atom. The molecule has 0 saturated carbocycles. The Kier molecular flexibility index (Phi) is 4.48. The van der Waals surface area contributed by atoms with Crippen LogP contribution in [0.25, 0.3) is 12.2 Å². The normalized spacial score (nSPS) is 10.9. The molecule has 1 heterocycles. The summed E-state index contributed by atoms with van der Waals surface area (Å²) in [4.78, 5) is 8.78. The van der Waals surface area contributed by atoms with Crippen LogP contribution >= 0.6 is 0 Å². The Balaban J connectivity index is 1.74. The Morgan fingerprint density at radius 3 is 2.13 bits per heavy atom. The number of benzene rings is 2. The SMILES string of the molecule is Cc1ccc(/C=C/c2ccnc(Nc3ccc(C)cc3)n2)cc1. The molecule has 0 aliphatic rings. The Hall–Kier alpha value is -2.94. The summed E-state index contributed by atoms with van der Waals surface area (Å²) in [6.07, 6.45) is 5.81. The first-order valence-electron chi connectivity index (χ1n) is 7.60. The van der Waals surface area contributed by atoms with E-state index < -0.39 is 0 Å². The fourth-order valence-corrected chi connectivity index (χ4v) is 2.15. The van der Waals surface area contributed by atoms with Gasteiger partial charge in [-0.1, -0.05) is 53.6 Å². The van der Waals surface area contributed by atoms with E-state index >= 15 is 0 Å². The highest BCUT2D eigenvalue weighted by atomic mass is 15.1. The average molecular weight is 301 g/mol. The standard InChI is InChI=1S/C20H19N3/c1-15-3-7-17(8-4-15)9-12-19-13-14-21-20(23-19)22-18-10-5-16(2)6-11-18/h3-14H,1-2H3,(H,21,22,23)/b12-9+. The lowest BCUT2D eigenvalue weighted by Gasteiger charge is -2.05. The van der Waals surface area contributed by atoms with Crippen LogP contribution in [0.15, 0.2) is 60.8 Å². The number of hydrogen-bond acceptors (Lipinski definition) is 3. The minimum Gasteiger partial charge on any atom is -0.324 e. The molecule has 1 aromatic heterocycles. The zero-order chi connectivity index (χ0) is 16.1. The van der Waals surface area contributed by atoms with Crippen molar-refractivity contribution in [2.24, 2.45) is 0 Å². The third kappa shape index (κ3) is 4.27. The number of nitrogens with one attached hydrogen (secondary N) is 1. The van der Waals surface area contributed by atoms with Crippen LogP contribution in [-0.4, -0.2) is 9.97 Å². The van der Waals surface area contributed by atoms with Gasteiger partial charge in [0.25, 0.3) is 0 Å². The van der Waals surface area contributed by atoms with Crippen LogP contribution in [0.1, 0.15) is 22.4 Å². The largest absolute Gasteiger partial charge is 0.324 e. The van der Waals surface area contributed by atoms with Gasteiger partial charge in [0.05, 0.1) is 5.69 Å². The molecule has 2 aromatic carbocycles. The third-order valence-corrected chi connectivity index (χ3v) is 3.51. The monoisotopic (exact) mass is 301 g/mol. The minimum atomic E-state index is 0.597. The van der Waals surface area contributed by atoms with Gasteiger partial charge in [0.1, 0.15) is 0 Å². The van der Waals surface area contributed by atoms with Crippen LogP contribution in [0.4, 0.5) is 11.6 Å². The summed E-state index contributed by atoms with van der Waals surface area (Å²) in [7, 11) is 0. The maximum atomic E-state index is 4.51. The smallest absolute Gasteiger partial charge is 0.227 e. The lowest BCUT2D eigenvalue weighted by Crippen LogP contribution is -1.97. The topological polar surface area (TPSA) is 37.8 Å². The quantitative estimate of drug-likeness (QED) is 0.736. The Bertz CT molecular complexity index is 803. The van der Waals surface area contributed by atoms with Gasteiger partial charge in [0.15, 0.2) is 0 Å². The van der Waals surface area contributed by atoms with Crippen molar-refractivity contribution in [1.82, 2.24) is 9.97 Å². The molecule has 0 aliphatic heterocycles. The van der Waals surface area contributed by atoms with Crippen molar-refractivity contribution in [3.63, 3.8) is 0 Å². The maximum Gasteiger partial charge on any atom is 0.227 e. The molecule has 23 heavy (non-hydrogen) atoms. The highest BCUT2D eigenvalue weighted by Gasteiger charge is 1.98. The summed E-state index contributed by atoms with van der Waals surface area (Å²) < 4.78 is 0. The summed E-state index contributed by atoms with van der Waals surface area (Å²) in [6, 6.07) is 18.4. The molecule has 0 aliphatic carbocycles. The van der Waals surface area contributed by atoms with Gasteiger partial charge in [0, 0.05) is 11.9 Å². The van der Waals surface area contributed by atoms with Crippen LogP contribution in [0.2, 0.25) is 0 Å². The van der Waals surface area contributed by atoms with E-state index in [1.807, 2.05) is 24.3 Å². The van der Waals surface area contributed by atoms with E-state index in [0.29, 0.717) is 5.95 Å². The minimum absolute atomic E-state index is 0.597. The highest BCUT2D eigenvalue weighted by molar-refractivity contribution is 5.68. The van der Waals surface area contributed by atoms with Crippen molar-refractivity contribution >= 4 is 23.8 Å². The van der Waals surface area contributed by atoms with Crippen molar-refractivity contribution in [3.05, 3.63) is 83.2 Å². The van der Waals surface area contributed by atoms with E-state index in [9.17, 15) is 0 Å². The Labute approximate surface area is 136 Å². The fourth-order valence-electron chi connectivity index (χ4n) is 2.15. The molecule has 1 N–H and O–H groups in total. The Morgan fingerprint density at radius 1 is 0.783 bits per heavy atom. The molecule has 0 radical (unpaired) electrons. The molecule has 0 bridgehead atoms. The van der Waals surface area contributed by atoms with Gasteiger partial charge in [-0.05, 0) is 43.7 Å². The lowest BCUT2D eigenvalue weighted by atomic mass is 10.1. The van der Waals surface area contributed by atoms with Gasteiger partial charge in [-0.2, -0.15) is 0 Å². The molecule has 3 nitrogen and oxygen atoms in total. The van der Waals surface area contributed by atoms with Gasteiger partial charge < -0.3 is 5.32 Å². The average Bonchev–Trinajstić information content (AvgIpc) is 2.57. The van der Waals surface area contributed by atoms with E-state index in [4.69, 9.17) is 0 Å². The molecule has 0 saturated heterocycles. The molecule has 3 rings (SSSR count). The number of hydrogen-bond donors (Lipinski definition) is 1. The number of anilines is 2. The van der Waals surface area contributed by atoms with Gasteiger partial charge in [-0.25, -0.2) is 9.97 Å². The molecule has 3 aromatic rings. The van der Waals surface area contributed by atoms with Gasteiger partial charge in [-0.3, -0.25) is 0 Å². The van der Waals surface area contributed by atoms with Crippen molar-refractivity contribution in [2.45, 2.75) is 13.8 Å². The first kappa shape index (κ1) is 15.0. The molecule has 0 unspecified atom stereocenters. The maximum absolute atomic E-state index is 4.51. The van der Waals surface area contributed by atoms with E-state index in [2.05, 4.69) is 71.6 Å². The summed E-state index contributed by atoms with van der Waals surface area (Å²) in [6.45, 7) is 4.15. The van der Waals surface area contributed by atoms with Crippen molar-refractivity contribution in [2.75, 3.05) is 5.32 Å². The van der Waals surface area contributed by atoms with E-state index in [-0.39, 0.29) is 0 Å². The summed E-state index contributed by atoms with van der Waals surface area (Å²) in [5, 5.41) is 3.22. The van der Waals surface area contributed by atoms with Crippen LogP contribution in [0, 0.1) is 13.8 Å². The zero-order valence-corrected chi connectivity index (χ0v) is 13.3. The number of aromatic nitrogens is 2. The lowest BCUT2D eigenvalue weighted by molar-refractivity contribution is 1.15. The van der Waals surface area contributed by atoms with Crippen molar-refractivity contribution in [3.8, 4) is 0 Å². The third-order valence-electron chi connectivity index (χ3n) is 3.51. The van der Waals surface area contributed by atoms with Gasteiger partial charge in [0.2, 0.25) is 5.95 Å². The van der Waals surface area contributed by atoms with E-state index in [1.165, 1.54) is 11.1 Å². The fraction of sp³-hybridized carbons (Fsp3) is 0.100. The van der Waals surface area contributed by atoms with Crippen LogP contribution in [-0.2, 0) is 0 Å². The van der Waals surface area contributed by atoms with Crippen LogP contribution in [0.5, 0.6) is 0 Å². The van der Waals surface area contributed by atoms with Crippen LogP contribution < -0.4 is 5.32 Å². The van der Waals surface area contributed by atoms with Crippen molar-refractivity contribution in [1.29, 1.82) is 0 Å². The van der Waals surface area contributed by atoms with Gasteiger partial charge in [-0.15, -0.1) is 0 Å². The van der Waals surface area contributed by atoms with Crippen LogP contribution in [0.3, 0.4) is 0 Å². The number of rotatable bonds is 4. The van der Waals surface area contributed by atoms with Gasteiger partial charge >= 0.3 is 0 Å². The molecule has 0 fully saturated rings. The predicted octanol–water partition coefficient (Wildman–Crippen LogP) is 5.01. The second-order valence-corrected chi connectivity index (χ2v) is 5.54. The molecule has 3 heteroatoms.